The number of rotatable bonds is 5. The highest BCUT2D eigenvalue weighted by Crippen LogP contribution is 2.23. The van der Waals surface area contributed by atoms with Crippen LogP contribution in [0.4, 0.5) is 4.39 Å². The molecule has 0 spiro atoms. The van der Waals surface area contributed by atoms with E-state index in [4.69, 9.17) is 11.6 Å². The normalized spacial score (nSPS) is 11.7. The zero-order valence-electron chi connectivity index (χ0n) is 12.7. The lowest BCUT2D eigenvalue weighted by Gasteiger charge is -2.19. The lowest BCUT2D eigenvalue weighted by molar-refractivity contribution is -0.141. The minimum atomic E-state index is -0.598. The van der Waals surface area contributed by atoms with Crippen molar-refractivity contribution in [3.8, 4) is 0 Å². The van der Waals surface area contributed by atoms with Crippen LogP contribution >= 0.6 is 27.5 Å². The van der Waals surface area contributed by atoms with Gasteiger partial charge in [-0.05, 0) is 35.9 Å². The molecule has 2 aromatic rings. The molecule has 7 heteroatoms. The fraction of sp³-hybridized carbons (Fsp3) is 0.176. The predicted molar refractivity (Wildman–Crippen MR) is 92.4 cm³/mol. The summed E-state index contributed by atoms with van der Waals surface area (Å²) < 4.78 is 18.7. The smallest absolute Gasteiger partial charge is 0.307 e. The van der Waals surface area contributed by atoms with Crippen molar-refractivity contribution in [1.82, 2.24) is 5.32 Å². The van der Waals surface area contributed by atoms with Crippen molar-refractivity contribution >= 4 is 39.4 Å². The number of amides is 1. The summed E-state index contributed by atoms with van der Waals surface area (Å²) in [6, 6.07) is 10.1. The Balaban J connectivity index is 2.25. The van der Waals surface area contributed by atoms with Crippen LogP contribution in [-0.2, 0) is 9.53 Å². The van der Waals surface area contributed by atoms with Crippen molar-refractivity contribution in [2.75, 3.05) is 7.11 Å². The first-order valence-electron chi connectivity index (χ1n) is 6.99. The van der Waals surface area contributed by atoms with Gasteiger partial charge in [0.1, 0.15) is 5.82 Å². The molecule has 4 nitrogen and oxygen atoms in total. The van der Waals surface area contributed by atoms with Crippen molar-refractivity contribution in [3.05, 3.63) is 68.9 Å². The molecule has 0 aliphatic carbocycles. The summed E-state index contributed by atoms with van der Waals surface area (Å²) in [5.74, 6) is -1.50. The van der Waals surface area contributed by atoms with Crippen molar-refractivity contribution in [1.29, 1.82) is 0 Å². The van der Waals surface area contributed by atoms with Crippen molar-refractivity contribution in [3.63, 3.8) is 0 Å². The Morgan fingerprint density at radius 2 is 1.92 bits per heavy atom. The van der Waals surface area contributed by atoms with Gasteiger partial charge in [-0.25, -0.2) is 4.39 Å². The van der Waals surface area contributed by atoms with E-state index >= 15 is 0 Å². The second-order valence-electron chi connectivity index (χ2n) is 4.98. The van der Waals surface area contributed by atoms with Crippen LogP contribution in [0, 0.1) is 5.82 Å². The molecule has 0 saturated carbocycles. The molecule has 1 unspecified atom stereocenters. The van der Waals surface area contributed by atoms with Gasteiger partial charge < -0.3 is 10.1 Å². The molecular formula is C17H14BrClFNO3. The highest BCUT2D eigenvalue weighted by atomic mass is 79.9. The fourth-order valence-corrected chi connectivity index (χ4v) is 2.62. The van der Waals surface area contributed by atoms with E-state index in [1.54, 1.807) is 24.3 Å². The molecule has 0 bridgehead atoms. The van der Waals surface area contributed by atoms with Gasteiger partial charge in [0, 0.05) is 4.47 Å². The molecule has 0 radical (unpaired) electrons. The molecule has 2 rings (SSSR count). The third-order valence-corrected chi connectivity index (χ3v) is 4.19. The molecule has 1 atom stereocenters. The number of carbonyl (C=O) groups is 2. The van der Waals surface area contributed by atoms with E-state index in [1.807, 2.05) is 0 Å². The maximum atomic E-state index is 13.1. The van der Waals surface area contributed by atoms with Crippen LogP contribution in [0.3, 0.4) is 0 Å². The highest BCUT2D eigenvalue weighted by Gasteiger charge is 2.21. The predicted octanol–water partition coefficient (Wildman–Crippen LogP) is 4.28. The number of hydrogen-bond donors (Lipinski definition) is 1. The zero-order chi connectivity index (χ0) is 17.7. The van der Waals surface area contributed by atoms with E-state index in [2.05, 4.69) is 26.0 Å². The average molecular weight is 415 g/mol. The van der Waals surface area contributed by atoms with Gasteiger partial charge in [-0.3, -0.25) is 9.59 Å². The van der Waals surface area contributed by atoms with Crippen LogP contribution in [0.25, 0.3) is 0 Å². The van der Waals surface area contributed by atoms with E-state index in [1.165, 1.54) is 13.2 Å². The quantitative estimate of drug-likeness (QED) is 0.743. The van der Waals surface area contributed by atoms with Crippen LogP contribution < -0.4 is 5.32 Å². The minimum Gasteiger partial charge on any atom is -0.469 e. The molecule has 24 heavy (non-hydrogen) atoms. The van der Waals surface area contributed by atoms with Gasteiger partial charge >= 0.3 is 5.97 Å². The monoisotopic (exact) mass is 413 g/mol. The van der Waals surface area contributed by atoms with E-state index in [0.29, 0.717) is 0 Å². The van der Waals surface area contributed by atoms with Gasteiger partial charge in [0.25, 0.3) is 5.91 Å². The van der Waals surface area contributed by atoms with E-state index in [0.717, 1.165) is 22.2 Å². The Morgan fingerprint density at radius 1 is 1.25 bits per heavy atom. The van der Waals surface area contributed by atoms with E-state index in [9.17, 15) is 14.0 Å². The third kappa shape index (κ3) is 4.79. The number of hydrogen-bond acceptors (Lipinski definition) is 3. The molecule has 2 aromatic carbocycles. The Kier molecular flexibility index (Phi) is 6.34. The Bertz CT molecular complexity index is 752. The largest absolute Gasteiger partial charge is 0.469 e. The van der Waals surface area contributed by atoms with Crippen molar-refractivity contribution in [2.45, 2.75) is 12.5 Å². The Hall–Kier alpha value is -1.92. The summed E-state index contributed by atoms with van der Waals surface area (Å²) in [6.45, 7) is 0. The molecule has 0 aliphatic heterocycles. The maximum Gasteiger partial charge on any atom is 0.307 e. The molecular weight excluding hydrogens is 401 g/mol. The first-order chi connectivity index (χ1) is 11.4. The van der Waals surface area contributed by atoms with Crippen LogP contribution in [0.1, 0.15) is 28.4 Å². The van der Waals surface area contributed by atoms with Gasteiger partial charge in [0.15, 0.2) is 0 Å². The first-order valence-corrected chi connectivity index (χ1v) is 8.16. The lowest BCUT2D eigenvalue weighted by Crippen LogP contribution is -2.30. The minimum absolute atomic E-state index is 0.000115. The molecule has 1 amide bonds. The van der Waals surface area contributed by atoms with Crippen LogP contribution in [0.15, 0.2) is 46.9 Å². The molecule has 0 aromatic heterocycles. The van der Waals surface area contributed by atoms with E-state index in [-0.39, 0.29) is 17.0 Å². The summed E-state index contributed by atoms with van der Waals surface area (Å²) in [4.78, 5) is 24.1. The van der Waals surface area contributed by atoms with Crippen molar-refractivity contribution < 1.29 is 18.7 Å². The molecule has 0 aliphatic rings. The van der Waals surface area contributed by atoms with Gasteiger partial charge in [0.05, 0.1) is 30.2 Å². The summed E-state index contributed by atoms with van der Waals surface area (Å²) >= 11 is 9.24. The number of nitrogens with one attached hydrogen (secondary N) is 1. The lowest BCUT2D eigenvalue weighted by atomic mass is 10.0. The number of carbonyl (C=O) groups excluding carboxylic acids is 2. The summed E-state index contributed by atoms with van der Waals surface area (Å²) in [7, 11) is 1.28. The Labute approximate surface area is 152 Å². The number of methoxy groups -OCH3 is 1. The SMILES string of the molecule is COC(=O)CC(NC(=O)c1ccc(F)cc1Cl)c1ccc(Br)cc1. The fourth-order valence-electron chi connectivity index (χ4n) is 2.11. The molecule has 0 fully saturated rings. The number of halogens is 3. The van der Waals surface area contributed by atoms with Crippen LogP contribution in [0.2, 0.25) is 5.02 Å². The summed E-state index contributed by atoms with van der Waals surface area (Å²) in [6.07, 6.45) is -0.0390. The van der Waals surface area contributed by atoms with Gasteiger partial charge in [-0.15, -0.1) is 0 Å². The van der Waals surface area contributed by atoms with Gasteiger partial charge in [-0.2, -0.15) is 0 Å². The van der Waals surface area contributed by atoms with Crippen LogP contribution in [-0.4, -0.2) is 19.0 Å². The molecule has 126 valence electrons. The zero-order valence-corrected chi connectivity index (χ0v) is 15.0. The Morgan fingerprint density at radius 3 is 2.50 bits per heavy atom. The third-order valence-electron chi connectivity index (χ3n) is 3.35. The number of ether oxygens (including phenoxy) is 1. The topological polar surface area (TPSA) is 55.4 Å². The van der Waals surface area contributed by atoms with Gasteiger partial charge in [-0.1, -0.05) is 39.7 Å². The highest BCUT2D eigenvalue weighted by molar-refractivity contribution is 9.10. The molecule has 0 saturated heterocycles. The molecule has 1 N–H and O–H groups in total. The molecule has 0 heterocycles. The van der Waals surface area contributed by atoms with Crippen molar-refractivity contribution in [2.24, 2.45) is 0 Å². The van der Waals surface area contributed by atoms with E-state index < -0.39 is 23.7 Å². The standard InChI is InChI=1S/C17H14BrClFNO3/c1-24-16(22)9-15(10-2-4-11(18)5-3-10)21-17(23)13-7-6-12(20)8-14(13)19/h2-8,15H,9H2,1H3,(H,21,23). The summed E-state index contributed by atoms with van der Waals surface area (Å²) in [5, 5.41) is 2.73. The van der Waals surface area contributed by atoms with Gasteiger partial charge in [0.2, 0.25) is 0 Å². The maximum absolute atomic E-state index is 13.1. The van der Waals surface area contributed by atoms with Crippen LogP contribution in [0.5, 0.6) is 0 Å². The second-order valence-corrected chi connectivity index (χ2v) is 6.30. The first kappa shape index (κ1) is 18.4. The second kappa shape index (κ2) is 8.26. The number of esters is 1. The summed E-state index contributed by atoms with van der Waals surface area (Å²) in [5.41, 5.74) is 0.861. The average Bonchev–Trinajstić information content (AvgIpc) is 2.54. The number of benzene rings is 2.